The average molecular weight is 187 g/mol. The Bertz CT molecular complexity index is 195. The molecule has 1 aliphatic heterocycles. The van der Waals surface area contributed by atoms with Crippen LogP contribution < -0.4 is 5.32 Å². The molecular formula is C9H17NO3. The smallest absolute Gasteiger partial charge is 0.320 e. The number of carbonyl (C=O) groups is 1. The van der Waals surface area contributed by atoms with Crippen molar-refractivity contribution in [2.24, 2.45) is 0 Å². The van der Waals surface area contributed by atoms with Crippen LogP contribution in [0.15, 0.2) is 0 Å². The molecule has 3 N–H and O–H groups in total. The predicted molar refractivity (Wildman–Crippen MR) is 48.5 cm³/mol. The number of aliphatic carboxylic acids is 1. The molecule has 0 spiro atoms. The molecule has 0 aliphatic carbocycles. The van der Waals surface area contributed by atoms with E-state index in [0.29, 0.717) is 19.4 Å². The van der Waals surface area contributed by atoms with Crippen molar-refractivity contribution in [2.45, 2.75) is 44.2 Å². The van der Waals surface area contributed by atoms with Gasteiger partial charge in [0.25, 0.3) is 0 Å². The second-order valence-electron chi connectivity index (χ2n) is 3.80. The van der Waals surface area contributed by atoms with Crippen LogP contribution in [-0.2, 0) is 4.79 Å². The Labute approximate surface area is 78.0 Å². The van der Waals surface area contributed by atoms with Crippen LogP contribution in [-0.4, -0.2) is 34.4 Å². The van der Waals surface area contributed by atoms with Crippen LogP contribution in [0.25, 0.3) is 0 Å². The minimum atomic E-state index is -0.868. The van der Waals surface area contributed by atoms with Crippen LogP contribution in [0.5, 0.6) is 0 Å². The lowest BCUT2D eigenvalue weighted by molar-refractivity contribution is -0.139. The van der Waals surface area contributed by atoms with E-state index in [9.17, 15) is 9.90 Å². The molecule has 1 fully saturated rings. The summed E-state index contributed by atoms with van der Waals surface area (Å²) in [5.74, 6) is -0.868. The van der Waals surface area contributed by atoms with E-state index in [1.165, 1.54) is 0 Å². The van der Waals surface area contributed by atoms with E-state index >= 15 is 0 Å². The van der Waals surface area contributed by atoms with Gasteiger partial charge in [-0.15, -0.1) is 0 Å². The van der Waals surface area contributed by atoms with Gasteiger partial charge in [0, 0.05) is 13.0 Å². The van der Waals surface area contributed by atoms with Gasteiger partial charge in [-0.05, 0) is 6.42 Å². The maximum Gasteiger partial charge on any atom is 0.320 e. The lowest BCUT2D eigenvalue weighted by atomic mass is 9.94. The molecular weight excluding hydrogens is 170 g/mol. The summed E-state index contributed by atoms with van der Waals surface area (Å²) in [4.78, 5) is 10.6. The Kier molecular flexibility index (Phi) is 3.27. The van der Waals surface area contributed by atoms with Crippen molar-refractivity contribution in [1.29, 1.82) is 0 Å². The molecule has 4 heteroatoms. The minimum absolute atomic E-state index is 0.336. The summed E-state index contributed by atoms with van der Waals surface area (Å²) >= 11 is 0. The molecule has 2 unspecified atom stereocenters. The number of nitrogens with one attached hydrogen (secondary N) is 1. The van der Waals surface area contributed by atoms with Crippen molar-refractivity contribution < 1.29 is 15.0 Å². The van der Waals surface area contributed by atoms with E-state index in [0.717, 1.165) is 12.8 Å². The molecule has 1 heterocycles. The first-order valence-corrected chi connectivity index (χ1v) is 4.76. The van der Waals surface area contributed by atoms with Crippen LogP contribution in [0, 0.1) is 0 Å². The Morgan fingerprint density at radius 1 is 1.69 bits per heavy atom. The minimum Gasteiger partial charge on any atom is -0.480 e. The fraction of sp³-hybridized carbons (Fsp3) is 0.889. The van der Waals surface area contributed by atoms with Crippen LogP contribution in [0.4, 0.5) is 0 Å². The largest absolute Gasteiger partial charge is 0.480 e. The summed E-state index contributed by atoms with van der Waals surface area (Å²) in [5.41, 5.74) is -0.793. The molecule has 1 saturated heterocycles. The Hall–Kier alpha value is -0.610. The Balaban J connectivity index is 2.41. The quantitative estimate of drug-likeness (QED) is 0.594. The fourth-order valence-electron chi connectivity index (χ4n) is 1.71. The zero-order valence-electron chi connectivity index (χ0n) is 7.92. The van der Waals surface area contributed by atoms with Gasteiger partial charge in [0.1, 0.15) is 6.04 Å². The molecule has 0 aromatic carbocycles. The third kappa shape index (κ3) is 2.67. The summed E-state index contributed by atoms with van der Waals surface area (Å²) in [6, 6.07) is -0.568. The average Bonchev–Trinajstić information content (AvgIpc) is 2.46. The summed E-state index contributed by atoms with van der Waals surface area (Å²) in [7, 11) is 0. The van der Waals surface area contributed by atoms with Gasteiger partial charge in [0.2, 0.25) is 0 Å². The van der Waals surface area contributed by atoms with Crippen LogP contribution in [0.1, 0.15) is 32.6 Å². The predicted octanol–water partition coefficient (Wildman–Crippen LogP) is 0.354. The van der Waals surface area contributed by atoms with E-state index in [1.807, 2.05) is 0 Å². The standard InChI is InChI=1S/C9H17NO3/c1-2-3-4-9(13)5-7(8(11)12)10-6-9/h7,10,13H,2-6H2,1H3,(H,11,12). The second kappa shape index (κ2) is 4.07. The van der Waals surface area contributed by atoms with Gasteiger partial charge in [-0.1, -0.05) is 19.8 Å². The highest BCUT2D eigenvalue weighted by molar-refractivity contribution is 5.74. The zero-order valence-corrected chi connectivity index (χ0v) is 7.92. The number of carboxylic acids is 1. The van der Waals surface area contributed by atoms with E-state index in [1.54, 1.807) is 0 Å². The van der Waals surface area contributed by atoms with Crippen molar-refractivity contribution in [3.05, 3.63) is 0 Å². The zero-order chi connectivity index (χ0) is 9.90. The molecule has 2 atom stereocenters. The number of unbranched alkanes of at least 4 members (excludes halogenated alkanes) is 1. The van der Waals surface area contributed by atoms with Gasteiger partial charge in [-0.25, -0.2) is 0 Å². The summed E-state index contributed by atoms with van der Waals surface area (Å²) in [5, 5.41) is 21.4. The molecule has 0 amide bonds. The van der Waals surface area contributed by atoms with Gasteiger partial charge in [0.15, 0.2) is 0 Å². The van der Waals surface area contributed by atoms with Crippen LogP contribution in [0.3, 0.4) is 0 Å². The van der Waals surface area contributed by atoms with Gasteiger partial charge in [-0.2, -0.15) is 0 Å². The molecule has 0 aromatic rings. The third-order valence-electron chi connectivity index (χ3n) is 2.56. The molecule has 0 bridgehead atoms. The number of β-amino-alcohol motifs (C(OH)–C–C–N with tert-alkyl or cyclic N) is 1. The highest BCUT2D eigenvalue weighted by Crippen LogP contribution is 2.24. The number of hydrogen-bond donors (Lipinski definition) is 3. The molecule has 0 saturated carbocycles. The van der Waals surface area contributed by atoms with Crippen molar-refractivity contribution in [3.63, 3.8) is 0 Å². The maximum absolute atomic E-state index is 10.6. The number of rotatable bonds is 4. The lowest BCUT2D eigenvalue weighted by Crippen LogP contribution is -2.31. The number of carboxylic acid groups (broad SMARTS) is 1. The summed E-state index contributed by atoms with van der Waals surface area (Å²) in [6.07, 6.45) is 3.01. The fourth-order valence-corrected chi connectivity index (χ4v) is 1.71. The summed E-state index contributed by atoms with van der Waals surface area (Å²) in [6.45, 7) is 2.46. The Morgan fingerprint density at radius 2 is 2.38 bits per heavy atom. The molecule has 76 valence electrons. The molecule has 0 radical (unpaired) electrons. The second-order valence-corrected chi connectivity index (χ2v) is 3.80. The first kappa shape index (κ1) is 10.5. The third-order valence-corrected chi connectivity index (χ3v) is 2.56. The molecule has 1 aliphatic rings. The highest BCUT2D eigenvalue weighted by Gasteiger charge is 2.39. The first-order chi connectivity index (χ1) is 6.07. The van der Waals surface area contributed by atoms with Gasteiger partial charge in [-0.3, -0.25) is 4.79 Å². The number of hydrogen-bond acceptors (Lipinski definition) is 3. The topological polar surface area (TPSA) is 69.6 Å². The van der Waals surface area contributed by atoms with E-state index in [2.05, 4.69) is 12.2 Å². The van der Waals surface area contributed by atoms with E-state index in [4.69, 9.17) is 5.11 Å². The van der Waals surface area contributed by atoms with E-state index < -0.39 is 17.6 Å². The Morgan fingerprint density at radius 3 is 2.85 bits per heavy atom. The van der Waals surface area contributed by atoms with Crippen molar-refractivity contribution in [1.82, 2.24) is 5.32 Å². The maximum atomic E-state index is 10.6. The lowest BCUT2D eigenvalue weighted by Gasteiger charge is -2.20. The van der Waals surface area contributed by atoms with Crippen molar-refractivity contribution >= 4 is 5.97 Å². The first-order valence-electron chi connectivity index (χ1n) is 4.76. The molecule has 1 rings (SSSR count). The number of aliphatic hydroxyl groups is 1. The van der Waals surface area contributed by atoms with Gasteiger partial charge < -0.3 is 15.5 Å². The van der Waals surface area contributed by atoms with Crippen molar-refractivity contribution in [3.8, 4) is 0 Å². The highest BCUT2D eigenvalue weighted by atomic mass is 16.4. The van der Waals surface area contributed by atoms with Gasteiger partial charge in [0.05, 0.1) is 5.60 Å². The molecule has 4 nitrogen and oxygen atoms in total. The van der Waals surface area contributed by atoms with Gasteiger partial charge >= 0.3 is 5.97 Å². The molecule has 0 aromatic heterocycles. The monoisotopic (exact) mass is 187 g/mol. The van der Waals surface area contributed by atoms with Crippen LogP contribution in [0.2, 0.25) is 0 Å². The van der Waals surface area contributed by atoms with Crippen molar-refractivity contribution in [2.75, 3.05) is 6.54 Å². The molecule has 13 heavy (non-hydrogen) atoms. The normalized spacial score (nSPS) is 33.5. The van der Waals surface area contributed by atoms with E-state index in [-0.39, 0.29) is 0 Å². The SMILES string of the molecule is CCCCC1(O)CNC(C(=O)O)C1. The van der Waals surface area contributed by atoms with Crippen LogP contribution >= 0.6 is 0 Å². The summed E-state index contributed by atoms with van der Waals surface area (Å²) < 4.78 is 0.